The van der Waals surface area contributed by atoms with Gasteiger partial charge in [-0.05, 0) is 33.8 Å². The van der Waals surface area contributed by atoms with E-state index in [4.69, 9.17) is 14.6 Å². The van der Waals surface area contributed by atoms with E-state index in [1.54, 1.807) is 17.8 Å². The van der Waals surface area contributed by atoms with Crippen LogP contribution in [-0.2, 0) is 16.4 Å². The van der Waals surface area contributed by atoms with Crippen LogP contribution in [0.2, 0.25) is 0 Å². The van der Waals surface area contributed by atoms with E-state index in [-0.39, 0.29) is 11.2 Å². The summed E-state index contributed by atoms with van der Waals surface area (Å²) >= 11 is 0. The van der Waals surface area contributed by atoms with Gasteiger partial charge in [-0.1, -0.05) is 0 Å². The average Bonchev–Trinajstić information content (AvgIpc) is 2.66. The summed E-state index contributed by atoms with van der Waals surface area (Å²) in [5.41, 5.74) is 0.376. The lowest BCUT2D eigenvalue weighted by Crippen LogP contribution is -2.41. The van der Waals surface area contributed by atoms with Gasteiger partial charge in [0.05, 0.1) is 16.8 Å². The summed E-state index contributed by atoms with van der Waals surface area (Å²) in [7, 11) is 1.31. The summed E-state index contributed by atoms with van der Waals surface area (Å²) in [5, 5.41) is 12.9. The Morgan fingerprint density at radius 3 is 2.24 bits per heavy atom. The lowest BCUT2D eigenvalue weighted by molar-refractivity contribution is 0.00578. The number of hydrogen-bond donors (Lipinski definition) is 0. The number of nitriles is 1. The Hall–Kier alpha value is -1.32. The molecule has 0 radical (unpaired) electrons. The van der Waals surface area contributed by atoms with Crippen LogP contribution in [-0.4, -0.2) is 28.1 Å². The zero-order valence-corrected chi connectivity index (χ0v) is 10.8. The lowest BCUT2D eigenvalue weighted by atomic mass is 9.84. The molecule has 0 bridgehead atoms. The van der Waals surface area contributed by atoms with Gasteiger partial charge in [0, 0.05) is 7.05 Å². The third kappa shape index (κ3) is 1.86. The molecule has 6 heteroatoms. The van der Waals surface area contributed by atoms with Crippen molar-refractivity contribution in [2.24, 2.45) is 7.05 Å². The molecule has 0 atom stereocenters. The van der Waals surface area contributed by atoms with Gasteiger partial charge in [0.25, 0.3) is 0 Å². The van der Waals surface area contributed by atoms with Crippen LogP contribution in [0.1, 0.15) is 33.4 Å². The van der Waals surface area contributed by atoms with Crippen molar-refractivity contribution in [1.29, 1.82) is 5.26 Å². The molecule has 0 unspecified atom stereocenters. The Bertz CT molecular complexity index is 471. The smallest absolute Gasteiger partial charge is 0.398 e. The highest BCUT2D eigenvalue weighted by atomic mass is 16.7. The van der Waals surface area contributed by atoms with Gasteiger partial charge in [0.15, 0.2) is 5.69 Å². The van der Waals surface area contributed by atoms with Crippen molar-refractivity contribution in [1.82, 2.24) is 9.78 Å². The fourth-order valence-corrected chi connectivity index (χ4v) is 1.72. The maximum absolute atomic E-state index is 8.82. The van der Waals surface area contributed by atoms with E-state index in [1.165, 1.54) is 0 Å². The first-order valence-electron chi connectivity index (χ1n) is 5.56. The predicted molar refractivity (Wildman–Crippen MR) is 63.6 cm³/mol. The molecule has 0 aliphatic carbocycles. The van der Waals surface area contributed by atoms with Crippen molar-refractivity contribution in [2.45, 2.75) is 38.9 Å². The van der Waals surface area contributed by atoms with Gasteiger partial charge in [-0.25, -0.2) is 0 Å². The average molecular weight is 233 g/mol. The van der Waals surface area contributed by atoms with E-state index < -0.39 is 7.12 Å². The second-order valence-electron chi connectivity index (χ2n) is 5.28. The highest BCUT2D eigenvalue weighted by Gasteiger charge is 2.52. The van der Waals surface area contributed by atoms with Gasteiger partial charge in [-0.15, -0.1) is 0 Å². The van der Waals surface area contributed by atoms with Gasteiger partial charge in [0.1, 0.15) is 6.07 Å². The van der Waals surface area contributed by atoms with Crippen LogP contribution in [0.3, 0.4) is 0 Å². The number of rotatable bonds is 1. The molecular weight excluding hydrogens is 217 g/mol. The maximum atomic E-state index is 8.82. The molecule has 0 N–H and O–H groups in total. The second kappa shape index (κ2) is 3.59. The summed E-state index contributed by atoms with van der Waals surface area (Å²) in [6.45, 7) is 7.98. The zero-order valence-electron chi connectivity index (χ0n) is 10.8. The van der Waals surface area contributed by atoms with Crippen LogP contribution < -0.4 is 5.59 Å². The minimum atomic E-state index is -0.473. The van der Waals surface area contributed by atoms with Crippen molar-refractivity contribution in [3.05, 3.63) is 11.8 Å². The minimum Gasteiger partial charge on any atom is -0.398 e. The Morgan fingerprint density at radius 2 is 1.82 bits per heavy atom. The number of hydrogen-bond acceptors (Lipinski definition) is 4. The Kier molecular flexibility index (Phi) is 2.56. The summed E-state index contributed by atoms with van der Waals surface area (Å²) in [6.07, 6.45) is 0. The van der Waals surface area contributed by atoms with E-state index >= 15 is 0 Å². The molecular formula is C11H16BN3O2. The van der Waals surface area contributed by atoms with Crippen LogP contribution in [0.25, 0.3) is 0 Å². The highest BCUT2D eigenvalue weighted by Crippen LogP contribution is 2.36. The topological polar surface area (TPSA) is 60.1 Å². The third-order valence-electron chi connectivity index (χ3n) is 3.53. The first-order valence-corrected chi connectivity index (χ1v) is 5.56. The van der Waals surface area contributed by atoms with Crippen molar-refractivity contribution >= 4 is 12.7 Å². The molecule has 0 amide bonds. The van der Waals surface area contributed by atoms with Gasteiger partial charge in [0.2, 0.25) is 0 Å². The van der Waals surface area contributed by atoms with Crippen LogP contribution in [0.5, 0.6) is 0 Å². The van der Waals surface area contributed by atoms with Gasteiger partial charge < -0.3 is 9.31 Å². The summed E-state index contributed by atoms with van der Waals surface area (Å²) in [6, 6.07) is 3.71. The van der Waals surface area contributed by atoms with Crippen molar-refractivity contribution in [3.63, 3.8) is 0 Å². The van der Waals surface area contributed by atoms with Gasteiger partial charge >= 0.3 is 7.12 Å². The standard InChI is InChI=1S/C11H16BN3O2/c1-10(2)11(3,4)17-12(16-10)9-6-8(7-13)14-15(9)5/h6H,1-5H3. The fourth-order valence-electron chi connectivity index (χ4n) is 1.72. The van der Waals surface area contributed by atoms with E-state index in [0.717, 1.165) is 5.59 Å². The van der Waals surface area contributed by atoms with E-state index in [9.17, 15) is 0 Å². The minimum absolute atomic E-state index is 0.372. The molecule has 0 saturated carbocycles. The number of aryl methyl sites for hydroxylation is 1. The van der Waals surface area contributed by atoms with Gasteiger partial charge in [-0.2, -0.15) is 10.4 Å². The molecule has 1 aliphatic heterocycles. The molecule has 5 nitrogen and oxygen atoms in total. The van der Waals surface area contributed by atoms with Gasteiger partial charge in [-0.3, -0.25) is 4.68 Å². The molecule has 1 fully saturated rings. The molecule has 2 rings (SSSR count). The van der Waals surface area contributed by atoms with E-state index in [1.807, 2.05) is 33.8 Å². The molecule has 1 saturated heterocycles. The summed E-state index contributed by atoms with van der Waals surface area (Å²) in [4.78, 5) is 0. The molecule has 2 heterocycles. The zero-order chi connectivity index (χ0) is 12.8. The molecule has 0 aromatic carbocycles. The molecule has 1 aromatic rings. The second-order valence-corrected chi connectivity index (χ2v) is 5.28. The monoisotopic (exact) mass is 233 g/mol. The molecule has 1 aliphatic rings. The molecule has 1 aromatic heterocycles. The van der Waals surface area contributed by atoms with Crippen molar-refractivity contribution < 1.29 is 9.31 Å². The Morgan fingerprint density at radius 1 is 1.29 bits per heavy atom. The van der Waals surface area contributed by atoms with E-state index in [2.05, 4.69) is 5.10 Å². The largest absolute Gasteiger partial charge is 0.514 e. The van der Waals surface area contributed by atoms with E-state index in [0.29, 0.717) is 5.69 Å². The van der Waals surface area contributed by atoms with Crippen molar-refractivity contribution in [3.8, 4) is 6.07 Å². The first-order chi connectivity index (χ1) is 7.77. The Balaban J connectivity index is 2.32. The number of aromatic nitrogens is 2. The summed E-state index contributed by atoms with van der Waals surface area (Å²) < 4.78 is 13.4. The number of nitrogens with zero attached hydrogens (tertiary/aromatic N) is 3. The summed E-state index contributed by atoms with van der Waals surface area (Å²) in [5.74, 6) is 0. The maximum Gasteiger partial charge on any atom is 0.514 e. The molecule has 90 valence electrons. The van der Waals surface area contributed by atoms with Crippen LogP contribution in [0, 0.1) is 11.3 Å². The van der Waals surface area contributed by atoms with Crippen LogP contribution in [0.4, 0.5) is 0 Å². The quantitative estimate of drug-likeness (QED) is 0.666. The fraction of sp³-hybridized carbons (Fsp3) is 0.636. The SMILES string of the molecule is Cn1nc(C#N)cc1B1OC(C)(C)C(C)(C)O1. The molecule has 17 heavy (non-hydrogen) atoms. The first kappa shape index (κ1) is 12.2. The molecule has 0 spiro atoms. The Labute approximate surface area is 101 Å². The van der Waals surface area contributed by atoms with Crippen molar-refractivity contribution in [2.75, 3.05) is 0 Å². The lowest BCUT2D eigenvalue weighted by Gasteiger charge is -2.32. The highest BCUT2D eigenvalue weighted by molar-refractivity contribution is 6.61. The van der Waals surface area contributed by atoms with Crippen LogP contribution >= 0.6 is 0 Å². The normalized spacial score (nSPS) is 21.5. The third-order valence-corrected chi connectivity index (χ3v) is 3.53. The predicted octanol–water partition coefficient (Wildman–Crippen LogP) is 0.591. The van der Waals surface area contributed by atoms with Crippen LogP contribution in [0.15, 0.2) is 6.07 Å².